The van der Waals surface area contributed by atoms with E-state index in [1.165, 1.54) is 28.3 Å². The lowest BCUT2D eigenvalue weighted by atomic mass is 9.92. The molecule has 0 aromatic heterocycles. The Morgan fingerprint density at radius 3 is 2.24 bits per heavy atom. The van der Waals surface area contributed by atoms with Crippen molar-refractivity contribution in [2.45, 2.75) is 33.2 Å². The Bertz CT molecular complexity index is 629. The van der Waals surface area contributed by atoms with Crippen molar-refractivity contribution in [3.8, 4) is 0 Å². The Labute approximate surface area is 134 Å². The quantitative estimate of drug-likeness (QED) is 0.817. The van der Waals surface area contributed by atoms with Crippen LogP contribution in [0.25, 0.3) is 0 Å². The minimum absolute atomic E-state index is 0.169. The summed E-state index contributed by atoms with van der Waals surface area (Å²) in [4.78, 5) is 0. The first kappa shape index (κ1) is 16.2. The van der Waals surface area contributed by atoms with Crippen LogP contribution in [0.5, 0.6) is 0 Å². The first-order valence-corrected chi connectivity index (χ1v) is 7.90. The number of likely N-dealkylation sites (N-methyl/N-ethyl adjacent to an activating group) is 1. The first-order chi connectivity index (χ1) is 9.92. The molecule has 0 saturated carbocycles. The van der Waals surface area contributed by atoms with Crippen LogP contribution in [-0.4, -0.2) is 7.05 Å². The van der Waals surface area contributed by atoms with Crippen molar-refractivity contribution < 1.29 is 4.39 Å². The Kier molecular flexibility index (Phi) is 5.17. The van der Waals surface area contributed by atoms with Crippen LogP contribution in [0.3, 0.4) is 0 Å². The van der Waals surface area contributed by atoms with Gasteiger partial charge in [-0.15, -0.1) is 0 Å². The fraction of sp³-hybridized carbons (Fsp3) is 0.333. The molecule has 3 heteroatoms. The zero-order chi connectivity index (χ0) is 15.6. The molecule has 1 atom stereocenters. The molecule has 2 aromatic rings. The normalized spacial score (nSPS) is 12.5. The summed E-state index contributed by atoms with van der Waals surface area (Å²) in [5, 5.41) is 3.34. The third-order valence-corrected chi connectivity index (χ3v) is 4.55. The van der Waals surface area contributed by atoms with Crippen molar-refractivity contribution in [1.29, 1.82) is 0 Å². The molecule has 0 amide bonds. The van der Waals surface area contributed by atoms with Crippen molar-refractivity contribution in [1.82, 2.24) is 5.32 Å². The maximum atomic E-state index is 13.4. The average Bonchev–Trinajstić information content (AvgIpc) is 2.41. The molecule has 0 saturated heterocycles. The van der Waals surface area contributed by atoms with Gasteiger partial charge in [0.2, 0.25) is 0 Å². The van der Waals surface area contributed by atoms with E-state index in [0.717, 1.165) is 12.0 Å². The fourth-order valence-electron chi connectivity index (χ4n) is 2.85. The number of hydrogen-bond donors (Lipinski definition) is 1. The molecule has 1 N–H and O–H groups in total. The second kappa shape index (κ2) is 6.71. The molecule has 0 radical (unpaired) electrons. The van der Waals surface area contributed by atoms with Gasteiger partial charge in [-0.2, -0.15) is 0 Å². The zero-order valence-corrected chi connectivity index (χ0v) is 14.5. The lowest BCUT2D eigenvalue weighted by molar-refractivity contribution is 0.581. The van der Waals surface area contributed by atoms with Crippen molar-refractivity contribution in [2.24, 2.45) is 0 Å². The van der Waals surface area contributed by atoms with Crippen LogP contribution >= 0.6 is 15.9 Å². The van der Waals surface area contributed by atoms with Crippen LogP contribution in [0, 0.1) is 26.6 Å². The molecule has 0 heterocycles. The van der Waals surface area contributed by atoms with E-state index in [-0.39, 0.29) is 11.9 Å². The minimum Gasteiger partial charge on any atom is -0.313 e. The highest BCUT2D eigenvalue weighted by atomic mass is 79.9. The zero-order valence-electron chi connectivity index (χ0n) is 12.9. The smallest absolute Gasteiger partial charge is 0.137 e. The second-order valence-corrected chi connectivity index (χ2v) is 6.45. The average molecular weight is 350 g/mol. The SMILES string of the molecule is CNC(Cc1c(C)cc(C)cc1C)c1ccc(F)c(Br)c1. The highest BCUT2D eigenvalue weighted by Gasteiger charge is 2.15. The van der Waals surface area contributed by atoms with Gasteiger partial charge in [-0.3, -0.25) is 0 Å². The largest absolute Gasteiger partial charge is 0.313 e. The number of benzene rings is 2. The van der Waals surface area contributed by atoms with Gasteiger partial charge in [0.15, 0.2) is 0 Å². The minimum atomic E-state index is -0.226. The second-order valence-electron chi connectivity index (χ2n) is 5.60. The van der Waals surface area contributed by atoms with Crippen LogP contribution in [0.4, 0.5) is 4.39 Å². The van der Waals surface area contributed by atoms with Gasteiger partial charge in [-0.1, -0.05) is 23.8 Å². The Balaban J connectivity index is 2.33. The first-order valence-electron chi connectivity index (χ1n) is 7.11. The molecule has 2 aromatic carbocycles. The number of rotatable bonds is 4. The van der Waals surface area contributed by atoms with Crippen LogP contribution < -0.4 is 5.32 Å². The Hall–Kier alpha value is -1.19. The van der Waals surface area contributed by atoms with E-state index < -0.39 is 0 Å². The van der Waals surface area contributed by atoms with Crippen LogP contribution in [0.1, 0.15) is 33.9 Å². The van der Waals surface area contributed by atoms with Gasteiger partial charge < -0.3 is 5.32 Å². The number of aryl methyl sites for hydroxylation is 3. The molecule has 0 aliphatic heterocycles. The van der Waals surface area contributed by atoms with E-state index in [2.05, 4.69) is 54.2 Å². The summed E-state index contributed by atoms with van der Waals surface area (Å²) >= 11 is 3.26. The van der Waals surface area contributed by atoms with Gasteiger partial charge >= 0.3 is 0 Å². The van der Waals surface area contributed by atoms with Gasteiger partial charge in [0.25, 0.3) is 0 Å². The van der Waals surface area contributed by atoms with Crippen molar-refractivity contribution in [2.75, 3.05) is 7.05 Å². The molecule has 0 aliphatic rings. The maximum absolute atomic E-state index is 13.4. The van der Waals surface area contributed by atoms with Crippen LogP contribution in [0.15, 0.2) is 34.8 Å². The van der Waals surface area contributed by atoms with E-state index in [0.29, 0.717) is 4.47 Å². The molecule has 21 heavy (non-hydrogen) atoms. The summed E-state index contributed by atoms with van der Waals surface area (Å²) in [6.07, 6.45) is 0.895. The highest BCUT2D eigenvalue weighted by Crippen LogP contribution is 2.26. The third kappa shape index (κ3) is 3.72. The number of hydrogen-bond acceptors (Lipinski definition) is 1. The monoisotopic (exact) mass is 349 g/mol. The molecular formula is C18H21BrFN. The Morgan fingerprint density at radius 1 is 1.10 bits per heavy atom. The summed E-state index contributed by atoms with van der Waals surface area (Å²) in [5.41, 5.74) is 6.37. The summed E-state index contributed by atoms with van der Waals surface area (Å²) in [6, 6.07) is 9.82. The predicted octanol–water partition coefficient (Wildman–Crippen LogP) is 5.02. The lowest BCUT2D eigenvalue weighted by Gasteiger charge is -2.20. The molecule has 0 bridgehead atoms. The third-order valence-electron chi connectivity index (χ3n) is 3.94. The van der Waals surface area contributed by atoms with E-state index in [4.69, 9.17) is 0 Å². The number of nitrogens with one attached hydrogen (secondary N) is 1. The van der Waals surface area contributed by atoms with E-state index >= 15 is 0 Å². The van der Waals surface area contributed by atoms with Crippen molar-refractivity contribution in [3.05, 3.63) is 68.4 Å². The molecular weight excluding hydrogens is 329 g/mol. The predicted molar refractivity (Wildman–Crippen MR) is 90.3 cm³/mol. The van der Waals surface area contributed by atoms with Crippen molar-refractivity contribution in [3.63, 3.8) is 0 Å². The Morgan fingerprint density at radius 2 is 1.71 bits per heavy atom. The van der Waals surface area contributed by atoms with Crippen LogP contribution in [0.2, 0.25) is 0 Å². The summed E-state index contributed by atoms with van der Waals surface area (Å²) < 4.78 is 13.9. The van der Waals surface area contributed by atoms with Gasteiger partial charge in [0.05, 0.1) is 4.47 Å². The molecule has 1 unspecified atom stereocenters. The van der Waals surface area contributed by atoms with Crippen LogP contribution in [-0.2, 0) is 6.42 Å². The van der Waals surface area contributed by atoms with Crippen molar-refractivity contribution >= 4 is 15.9 Å². The summed E-state index contributed by atoms with van der Waals surface area (Å²) in [7, 11) is 1.95. The summed E-state index contributed by atoms with van der Waals surface area (Å²) in [5.74, 6) is -0.226. The molecule has 2 rings (SSSR count). The molecule has 0 fully saturated rings. The lowest BCUT2D eigenvalue weighted by Crippen LogP contribution is -2.20. The van der Waals surface area contributed by atoms with Gasteiger partial charge in [0, 0.05) is 6.04 Å². The molecule has 1 nitrogen and oxygen atoms in total. The summed E-state index contributed by atoms with van der Waals surface area (Å²) in [6.45, 7) is 6.43. The van der Waals surface area contributed by atoms with E-state index in [1.807, 2.05) is 19.2 Å². The van der Waals surface area contributed by atoms with Gasteiger partial charge in [-0.25, -0.2) is 4.39 Å². The molecule has 0 aliphatic carbocycles. The maximum Gasteiger partial charge on any atom is 0.137 e. The van der Waals surface area contributed by atoms with Gasteiger partial charge in [0.1, 0.15) is 5.82 Å². The number of halogens is 2. The molecule has 0 spiro atoms. The fourth-order valence-corrected chi connectivity index (χ4v) is 3.25. The van der Waals surface area contributed by atoms with Gasteiger partial charge in [-0.05, 0) is 84.6 Å². The molecule has 112 valence electrons. The standard InChI is InChI=1S/C18H21BrFN/c1-11-7-12(2)15(13(3)8-11)10-18(21-4)14-5-6-17(20)16(19)9-14/h5-9,18,21H,10H2,1-4H3. The van der Waals surface area contributed by atoms with E-state index in [1.54, 1.807) is 0 Å². The van der Waals surface area contributed by atoms with E-state index in [9.17, 15) is 4.39 Å². The topological polar surface area (TPSA) is 12.0 Å². The highest BCUT2D eigenvalue weighted by molar-refractivity contribution is 9.10.